The molecule has 1 aromatic carbocycles. The number of amides is 1. The van der Waals surface area contributed by atoms with Crippen molar-refractivity contribution < 1.29 is 19.4 Å². The predicted octanol–water partition coefficient (Wildman–Crippen LogP) is 2.77. The summed E-state index contributed by atoms with van der Waals surface area (Å²) in [5, 5.41) is 11.8. The Morgan fingerprint density at radius 3 is 2.84 bits per heavy atom. The summed E-state index contributed by atoms with van der Waals surface area (Å²) >= 11 is 5.84. The number of carbonyl (C=O) groups is 2. The highest BCUT2D eigenvalue weighted by atomic mass is 35.5. The first-order chi connectivity index (χ1) is 9.02. The van der Waals surface area contributed by atoms with Crippen LogP contribution in [-0.2, 0) is 9.53 Å². The summed E-state index contributed by atoms with van der Waals surface area (Å²) in [6, 6.07) is 5.94. The fraction of sp³-hybridized carbons (Fsp3) is 0.231. The van der Waals surface area contributed by atoms with Crippen LogP contribution in [0.15, 0.2) is 36.9 Å². The van der Waals surface area contributed by atoms with E-state index < -0.39 is 18.1 Å². The van der Waals surface area contributed by atoms with E-state index in [9.17, 15) is 9.59 Å². The second kappa shape index (κ2) is 7.43. The number of carboxylic acids is 1. The molecule has 0 aliphatic rings. The van der Waals surface area contributed by atoms with E-state index >= 15 is 0 Å². The lowest BCUT2D eigenvalue weighted by Crippen LogP contribution is -2.30. The van der Waals surface area contributed by atoms with Gasteiger partial charge < -0.3 is 15.2 Å². The Morgan fingerprint density at radius 1 is 1.53 bits per heavy atom. The minimum atomic E-state index is -1.03. The molecule has 2 N–H and O–H groups in total. The van der Waals surface area contributed by atoms with E-state index in [4.69, 9.17) is 21.4 Å². The van der Waals surface area contributed by atoms with Crippen LogP contribution in [0.3, 0.4) is 0 Å². The number of carboxylic acid groups (broad SMARTS) is 1. The summed E-state index contributed by atoms with van der Waals surface area (Å²) in [4.78, 5) is 22.3. The lowest BCUT2D eigenvalue weighted by Gasteiger charge is -2.17. The number of carbonyl (C=O) groups excluding carboxylic acids is 1. The highest BCUT2D eigenvalue weighted by Gasteiger charge is 2.18. The Hall–Kier alpha value is -2.01. The van der Waals surface area contributed by atoms with Crippen molar-refractivity contribution in [1.82, 2.24) is 5.32 Å². The Bertz CT molecular complexity index is 475. The van der Waals surface area contributed by atoms with Crippen LogP contribution >= 0.6 is 11.6 Å². The second-order valence-corrected chi connectivity index (χ2v) is 4.17. The number of hydrogen-bond donors (Lipinski definition) is 2. The van der Waals surface area contributed by atoms with E-state index in [1.807, 2.05) is 0 Å². The maximum absolute atomic E-state index is 11.4. The van der Waals surface area contributed by atoms with Gasteiger partial charge in [0.05, 0.1) is 12.5 Å². The van der Waals surface area contributed by atoms with Gasteiger partial charge in [-0.2, -0.15) is 0 Å². The molecule has 102 valence electrons. The quantitative estimate of drug-likeness (QED) is 0.787. The average Bonchev–Trinajstić information content (AvgIpc) is 2.35. The Morgan fingerprint density at radius 2 is 2.26 bits per heavy atom. The van der Waals surface area contributed by atoms with E-state index in [1.165, 1.54) is 6.08 Å². The molecule has 0 aliphatic heterocycles. The van der Waals surface area contributed by atoms with Gasteiger partial charge in [-0.05, 0) is 17.7 Å². The van der Waals surface area contributed by atoms with Gasteiger partial charge in [-0.25, -0.2) is 4.79 Å². The summed E-state index contributed by atoms with van der Waals surface area (Å²) in [7, 11) is 0. The Kier molecular flexibility index (Phi) is 5.89. The van der Waals surface area contributed by atoms with Gasteiger partial charge in [-0.3, -0.25) is 4.79 Å². The van der Waals surface area contributed by atoms with E-state index in [-0.39, 0.29) is 13.0 Å². The fourth-order valence-corrected chi connectivity index (χ4v) is 1.67. The Balaban J connectivity index is 2.79. The first-order valence-corrected chi connectivity index (χ1v) is 5.92. The number of halogens is 1. The first kappa shape index (κ1) is 15.0. The maximum atomic E-state index is 11.4. The van der Waals surface area contributed by atoms with Crippen molar-refractivity contribution in [3.63, 3.8) is 0 Å². The van der Waals surface area contributed by atoms with Crippen LogP contribution in [0, 0.1) is 0 Å². The summed E-state index contributed by atoms with van der Waals surface area (Å²) in [5.41, 5.74) is 0.602. The number of rotatable bonds is 6. The largest absolute Gasteiger partial charge is 0.481 e. The molecule has 0 saturated carbocycles. The van der Waals surface area contributed by atoms with Crippen LogP contribution in [-0.4, -0.2) is 23.8 Å². The van der Waals surface area contributed by atoms with Gasteiger partial charge in [0.15, 0.2) is 0 Å². The molecule has 1 atom stereocenters. The maximum Gasteiger partial charge on any atom is 0.407 e. The molecule has 1 rings (SSSR count). The number of nitrogens with one attached hydrogen (secondary N) is 1. The molecule has 1 aromatic rings. The standard InChI is InChI=1S/C13H14ClNO4/c1-2-6-19-13(18)15-11(8-12(16)17)9-4-3-5-10(14)7-9/h2-5,7,11H,1,6,8H2,(H,15,18)(H,16,17)/t11-/m1/s1. The third-order valence-electron chi connectivity index (χ3n) is 2.25. The van der Waals surface area contributed by atoms with E-state index in [2.05, 4.69) is 11.9 Å². The molecular weight excluding hydrogens is 270 g/mol. The van der Waals surface area contributed by atoms with Crippen LogP contribution in [0.4, 0.5) is 4.79 Å². The van der Waals surface area contributed by atoms with Crippen molar-refractivity contribution in [2.24, 2.45) is 0 Å². The van der Waals surface area contributed by atoms with Gasteiger partial charge in [0.2, 0.25) is 0 Å². The van der Waals surface area contributed by atoms with Crippen LogP contribution in [0.25, 0.3) is 0 Å². The fourth-order valence-electron chi connectivity index (χ4n) is 1.47. The molecule has 0 saturated heterocycles. The van der Waals surface area contributed by atoms with Crippen LogP contribution in [0.5, 0.6) is 0 Å². The molecule has 0 heterocycles. The lowest BCUT2D eigenvalue weighted by molar-refractivity contribution is -0.137. The number of hydrogen-bond acceptors (Lipinski definition) is 3. The monoisotopic (exact) mass is 283 g/mol. The first-order valence-electron chi connectivity index (χ1n) is 5.54. The minimum Gasteiger partial charge on any atom is -0.481 e. The Labute approximate surface area is 115 Å². The summed E-state index contributed by atoms with van der Waals surface area (Å²) in [6.45, 7) is 3.47. The van der Waals surface area contributed by atoms with Gasteiger partial charge >= 0.3 is 12.1 Å². The molecule has 0 aromatic heterocycles. The third-order valence-corrected chi connectivity index (χ3v) is 2.49. The molecule has 0 aliphatic carbocycles. The van der Waals surface area contributed by atoms with Gasteiger partial charge in [0.25, 0.3) is 0 Å². The molecule has 0 spiro atoms. The van der Waals surface area contributed by atoms with Crippen molar-refractivity contribution in [3.05, 3.63) is 47.5 Å². The number of alkyl carbamates (subject to hydrolysis) is 1. The zero-order valence-corrected chi connectivity index (χ0v) is 10.9. The molecule has 1 amide bonds. The van der Waals surface area contributed by atoms with E-state index in [0.29, 0.717) is 10.6 Å². The molecule has 0 radical (unpaired) electrons. The topological polar surface area (TPSA) is 75.6 Å². The number of benzene rings is 1. The van der Waals surface area contributed by atoms with E-state index in [0.717, 1.165) is 0 Å². The molecule has 5 nitrogen and oxygen atoms in total. The summed E-state index contributed by atoms with van der Waals surface area (Å²) in [5.74, 6) is -1.03. The smallest absolute Gasteiger partial charge is 0.407 e. The van der Waals surface area contributed by atoms with Gasteiger partial charge in [-0.15, -0.1) is 0 Å². The SMILES string of the molecule is C=CCOC(=O)N[C@H](CC(=O)O)c1cccc(Cl)c1. The highest BCUT2D eigenvalue weighted by molar-refractivity contribution is 6.30. The third kappa shape index (κ3) is 5.44. The molecule has 6 heteroatoms. The molecule has 19 heavy (non-hydrogen) atoms. The van der Waals surface area contributed by atoms with Crippen molar-refractivity contribution in [1.29, 1.82) is 0 Å². The lowest BCUT2D eigenvalue weighted by atomic mass is 10.0. The molecule has 0 bridgehead atoms. The molecule has 0 unspecified atom stereocenters. The van der Waals surface area contributed by atoms with Gasteiger partial charge in [0, 0.05) is 5.02 Å². The highest BCUT2D eigenvalue weighted by Crippen LogP contribution is 2.20. The zero-order valence-electron chi connectivity index (χ0n) is 10.1. The van der Waals surface area contributed by atoms with Crippen molar-refractivity contribution >= 4 is 23.7 Å². The summed E-state index contributed by atoms with van der Waals surface area (Å²) in [6.07, 6.45) is 0.459. The molecular formula is C13H14ClNO4. The van der Waals surface area contributed by atoms with Gasteiger partial charge in [-0.1, -0.05) is 36.4 Å². The number of aliphatic carboxylic acids is 1. The van der Waals surface area contributed by atoms with E-state index in [1.54, 1.807) is 24.3 Å². The minimum absolute atomic E-state index is 0.0567. The predicted molar refractivity (Wildman–Crippen MR) is 71.1 cm³/mol. The van der Waals surface area contributed by atoms with Crippen LogP contribution in [0.2, 0.25) is 5.02 Å². The number of ether oxygens (including phenoxy) is 1. The second-order valence-electron chi connectivity index (χ2n) is 3.74. The van der Waals surface area contributed by atoms with Crippen LogP contribution in [0.1, 0.15) is 18.0 Å². The van der Waals surface area contributed by atoms with Crippen molar-refractivity contribution in [2.75, 3.05) is 6.61 Å². The zero-order chi connectivity index (χ0) is 14.3. The molecule has 0 fully saturated rings. The van der Waals surface area contributed by atoms with Crippen LogP contribution < -0.4 is 5.32 Å². The summed E-state index contributed by atoms with van der Waals surface area (Å²) < 4.78 is 4.76. The normalized spacial score (nSPS) is 11.4. The van der Waals surface area contributed by atoms with Crippen molar-refractivity contribution in [2.45, 2.75) is 12.5 Å². The van der Waals surface area contributed by atoms with Crippen molar-refractivity contribution in [3.8, 4) is 0 Å². The average molecular weight is 284 g/mol. The van der Waals surface area contributed by atoms with Gasteiger partial charge in [0.1, 0.15) is 6.61 Å².